The molecule has 1 heterocycles. The number of carbonyl (C=O) groups excluding carboxylic acids is 2. The summed E-state index contributed by atoms with van der Waals surface area (Å²) >= 11 is 0. The number of hydrogen-bond acceptors (Lipinski definition) is 4. The Kier molecular flexibility index (Phi) is 6.27. The lowest BCUT2D eigenvalue weighted by atomic mass is 10.1. The van der Waals surface area contributed by atoms with Crippen LogP contribution in [0.3, 0.4) is 0 Å². The maximum absolute atomic E-state index is 12.1. The van der Waals surface area contributed by atoms with Crippen LogP contribution in [0.5, 0.6) is 0 Å². The molecule has 6 heteroatoms. The van der Waals surface area contributed by atoms with Crippen molar-refractivity contribution in [2.45, 2.75) is 77.0 Å². The van der Waals surface area contributed by atoms with Crippen molar-refractivity contribution in [3.63, 3.8) is 0 Å². The van der Waals surface area contributed by atoms with Gasteiger partial charge in [0.2, 0.25) is 5.91 Å². The number of hydrogen-bond donors (Lipinski definition) is 2. The molecule has 0 bridgehead atoms. The normalized spacial score (nSPS) is 21.9. The van der Waals surface area contributed by atoms with Gasteiger partial charge in [-0.1, -0.05) is 0 Å². The van der Waals surface area contributed by atoms with E-state index >= 15 is 0 Å². The van der Waals surface area contributed by atoms with Gasteiger partial charge < -0.3 is 20.3 Å². The highest BCUT2D eigenvalue weighted by atomic mass is 16.6. The average Bonchev–Trinajstić information content (AvgIpc) is 3.26. The largest absolute Gasteiger partial charge is 0.444 e. The Morgan fingerprint density at radius 2 is 1.91 bits per heavy atom. The van der Waals surface area contributed by atoms with E-state index in [1.807, 2.05) is 20.8 Å². The lowest BCUT2D eigenvalue weighted by Gasteiger charge is -2.34. The van der Waals surface area contributed by atoms with Crippen LogP contribution in [0, 0.1) is 0 Å². The third-order valence-corrected chi connectivity index (χ3v) is 4.03. The number of likely N-dealkylation sites (tertiary alicyclic amines) is 1. The summed E-state index contributed by atoms with van der Waals surface area (Å²) in [5, 5.41) is 6.46. The molecule has 23 heavy (non-hydrogen) atoms. The molecule has 1 atom stereocenters. The van der Waals surface area contributed by atoms with Gasteiger partial charge in [0, 0.05) is 31.6 Å². The van der Waals surface area contributed by atoms with Gasteiger partial charge in [0.15, 0.2) is 0 Å². The molecule has 1 unspecified atom stereocenters. The first kappa shape index (κ1) is 18.0. The Balaban J connectivity index is 1.61. The van der Waals surface area contributed by atoms with Crippen LogP contribution >= 0.6 is 0 Å². The summed E-state index contributed by atoms with van der Waals surface area (Å²) in [6, 6.07) is 0.735. The molecular weight excluding hydrogens is 294 g/mol. The summed E-state index contributed by atoms with van der Waals surface area (Å²) in [6.07, 6.45) is 5.49. The first-order valence-corrected chi connectivity index (χ1v) is 8.84. The minimum atomic E-state index is -0.452. The number of nitrogens with zero attached hydrogens (tertiary/aromatic N) is 1. The SMILES string of the molecule is CC(C)(C)OC(=O)N1CCCC(NCCCC(=O)NC2CC2)C1. The summed E-state index contributed by atoms with van der Waals surface area (Å²) in [5.41, 5.74) is -0.452. The van der Waals surface area contributed by atoms with Crippen molar-refractivity contribution in [3.05, 3.63) is 0 Å². The average molecular weight is 325 g/mol. The smallest absolute Gasteiger partial charge is 0.410 e. The first-order chi connectivity index (χ1) is 10.8. The molecule has 1 aliphatic heterocycles. The van der Waals surface area contributed by atoms with E-state index in [-0.39, 0.29) is 12.0 Å². The third kappa shape index (κ3) is 7.20. The van der Waals surface area contributed by atoms with Crippen LogP contribution in [0.25, 0.3) is 0 Å². The van der Waals surface area contributed by atoms with E-state index < -0.39 is 5.60 Å². The summed E-state index contributed by atoms with van der Waals surface area (Å²) in [7, 11) is 0. The maximum atomic E-state index is 12.1. The summed E-state index contributed by atoms with van der Waals surface area (Å²) < 4.78 is 5.43. The molecule has 0 spiro atoms. The van der Waals surface area contributed by atoms with Gasteiger partial charge in [0.25, 0.3) is 0 Å². The van der Waals surface area contributed by atoms with Gasteiger partial charge in [0.05, 0.1) is 0 Å². The Morgan fingerprint density at radius 1 is 1.17 bits per heavy atom. The standard InChI is InChI=1S/C17H31N3O3/c1-17(2,3)23-16(22)20-11-5-6-14(12-20)18-10-4-7-15(21)19-13-8-9-13/h13-14,18H,4-12H2,1-3H3,(H,19,21). The second-order valence-electron chi connectivity index (χ2n) is 7.66. The fourth-order valence-corrected chi connectivity index (χ4v) is 2.72. The van der Waals surface area contributed by atoms with Crippen LogP contribution in [-0.2, 0) is 9.53 Å². The molecule has 2 fully saturated rings. The predicted molar refractivity (Wildman–Crippen MR) is 89.2 cm³/mol. The number of rotatable bonds is 6. The minimum absolute atomic E-state index is 0.160. The number of ether oxygens (including phenoxy) is 1. The van der Waals surface area contributed by atoms with Gasteiger partial charge in [-0.2, -0.15) is 0 Å². The fraction of sp³-hybridized carbons (Fsp3) is 0.882. The van der Waals surface area contributed by atoms with E-state index in [0.717, 1.165) is 45.2 Å². The van der Waals surface area contributed by atoms with Crippen LogP contribution in [0.2, 0.25) is 0 Å². The lowest BCUT2D eigenvalue weighted by Crippen LogP contribution is -2.49. The van der Waals surface area contributed by atoms with Crippen molar-refractivity contribution in [2.24, 2.45) is 0 Å². The zero-order valence-electron chi connectivity index (χ0n) is 14.7. The van der Waals surface area contributed by atoms with Gasteiger partial charge in [0.1, 0.15) is 5.60 Å². The highest BCUT2D eigenvalue weighted by Gasteiger charge is 2.27. The molecule has 1 aliphatic carbocycles. The Hall–Kier alpha value is -1.30. The molecule has 0 aromatic carbocycles. The molecule has 2 rings (SSSR count). The molecule has 2 aliphatic rings. The molecule has 2 N–H and O–H groups in total. The van der Waals surface area contributed by atoms with Crippen molar-refractivity contribution in [1.82, 2.24) is 15.5 Å². The molecule has 0 aromatic heterocycles. The zero-order chi connectivity index (χ0) is 16.9. The van der Waals surface area contributed by atoms with E-state index in [4.69, 9.17) is 4.74 Å². The topological polar surface area (TPSA) is 70.7 Å². The zero-order valence-corrected chi connectivity index (χ0v) is 14.7. The van der Waals surface area contributed by atoms with Crippen molar-refractivity contribution in [1.29, 1.82) is 0 Å². The molecule has 2 amide bonds. The van der Waals surface area contributed by atoms with Crippen molar-refractivity contribution in [3.8, 4) is 0 Å². The number of nitrogens with one attached hydrogen (secondary N) is 2. The summed E-state index contributed by atoms with van der Waals surface area (Å²) in [4.78, 5) is 25.5. The van der Waals surface area contributed by atoms with Gasteiger partial charge in [-0.25, -0.2) is 4.79 Å². The summed E-state index contributed by atoms with van der Waals surface area (Å²) in [5.74, 6) is 0.160. The maximum Gasteiger partial charge on any atom is 0.410 e. The highest BCUT2D eigenvalue weighted by molar-refractivity contribution is 5.76. The third-order valence-electron chi connectivity index (χ3n) is 4.03. The Labute approximate surface area is 139 Å². The first-order valence-electron chi connectivity index (χ1n) is 8.84. The van der Waals surface area contributed by atoms with E-state index in [1.165, 1.54) is 0 Å². The van der Waals surface area contributed by atoms with Gasteiger partial charge in [-0.3, -0.25) is 4.79 Å². The predicted octanol–water partition coefficient (Wildman–Crippen LogP) is 2.03. The van der Waals surface area contributed by atoms with Crippen molar-refractivity contribution >= 4 is 12.0 Å². The van der Waals surface area contributed by atoms with E-state index in [2.05, 4.69) is 10.6 Å². The molecule has 6 nitrogen and oxygen atoms in total. The lowest BCUT2D eigenvalue weighted by molar-refractivity contribution is -0.121. The van der Waals surface area contributed by atoms with Gasteiger partial charge >= 0.3 is 6.09 Å². The molecule has 1 saturated heterocycles. The fourth-order valence-electron chi connectivity index (χ4n) is 2.72. The van der Waals surface area contributed by atoms with Crippen LogP contribution in [0.1, 0.15) is 59.3 Å². The number of amides is 2. The van der Waals surface area contributed by atoms with Crippen molar-refractivity contribution in [2.75, 3.05) is 19.6 Å². The van der Waals surface area contributed by atoms with Crippen LogP contribution < -0.4 is 10.6 Å². The van der Waals surface area contributed by atoms with Crippen LogP contribution in [0.4, 0.5) is 4.79 Å². The van der Waals surface area contributed by atoms with E-state index in [0.29, 0.717) is 25.0 Å². The van der Waals surface area contributed by atoms with Gasteiger partial charge in [-0.15, -0.1) is 0 Å². The Morgan fingerprint density at radius 3 is 2.57 bits per heavy atom. The quantitative estimate of drug-likeness (QED) is 0.733. The number of carbonyl (C=O) groups is 2. The highest BCUT2D eigenvalue weighted by Crippen LogP contribution is 2.18. The molecule has 0 aromatic rings. The second kappa shape index (κ2) is 7.99. The minimum Gasteiger partial charge on any atom is -0.444 e. The van der Waals surface area contributed by atoms with Crippen LogP contribution in [-0.4, -0.2) is 54.2 Å². The Bertz CT molecular complexity index is 416. The summed E-state index contributed by atoms with van der Waals surface area (Å²) in [6.45, 7) is 7.91. The second-order valence-corrected chi connectivity index (χ2v) is 7.66. The van der Waals surface area contributed by atoms with Crippen molar-refractivity contribution < 1.29 is 14.3 Å². The van der Waals surface area contributed by atoms with E-state index in [1.54, 1.807) is 4.90 Å². The van der Waals surface area contributed by atoms with E-state index in [9.17, 15) is 9.59 Å². The molecule has 0 radical (unpaired) electrons. The molecule has 132 valence electrons. The van der Waals surface area contributed by atoms with Gasteiger partial charge in [-0.05, 0) is 59.4 Å². The number of piperidine rings is 1. The monoisotopic (exact) mass is 325 g/mol. The van der Waals surface area contributed by atoms with Crippen LogP contribution in [0.15, 0.2) is 0 Å². The molecule has 1 saturated carbocycles. The molecular formula is C17H31N3O3.